The highest BCUT2D eigenvalue weighted by molar-refractivity contribution is 7.13. The first-order chi connectivity index (χ1) is 10.8. The molecule has 0 saturated heterocycles. The molecule has 1 aliphatic rings. The van der Waals surface area contributed by atoms with Crippen molar-refractivity contribution in [2.45, 2.75) is 12.3 Å². The fourth-order valence-electron chi connectivity index (χ4n) is 2.55. The van der Waals surface area contributed by atoms with Crippen LogP contribution in [0.15, 0.2) is 40.2 Å². The first kappa shape index (κ1) is 13.3. The summed E-state index contributed by atoms with van der Waals surface area (Å²) in [4.78, 5) is 5.52. The van der Waals surface area contributed by atoms with E-state index in [-0.39, 0.29) is 5.92 Å². The highest BCUT2D eigenvalue weighted by Crippen LogP contribution is 2.35. The van der Waals surface area contributed by atoms with Crippen molar-refractivity contribution in [3.8, 4) is 22.2 Å². The van der Waals surface area contributed by atoms with Crippen LogP contribution in [0.4, 0.5) is 0 Å². The Kier molecular flexibility index (Phi) is 3.31. The molecule has 0 amide bonds. The van der Waals surface area contributed by atoms with E-state index in [9.17, 15) is 0 Å². The molecule has 0 saturated carbocycles. The third kappa shape index (κ3) is 2.35. The Morgan fingerprint density at radius 2 is 2.27 bits per heavy atom. The van der Waals surface area contributed by atoms with Gasteiger partial charge in [0.15, 0.2) is 0 Å². The molecule has 1 aliphatic heterocycles. The SMILES string of the molecule is COc1ccc2c(c1)OCC(c1nc(-c3cccs3)no1)C2. The summed E-state index contributed by atoms with van der Waals surface area (Å²) in [6, 6.07) is 9.84. The zero-order valence-electron chi connectivity index (χ0n) is 12.0. The molecule has 1 aromatic carbocycles. The Morgan fingerprint density at radius 1 is 1.32 bits per heavy atom. The van der Waals surface area contributed by atoms with Crippen LogP contribution in [0.3, 0.4) is 0 Å². The number of methoxy groups -OCH3 is 1. The largest absolute Gasteiger partial charge is 0.497 e. The summed E-state index contributed by atoms with van der Waals surface area (Å²) >= 11 is 1.60. The summed E-state index contributed by atoms with van der Waals surface area (Å²) in [5.41, 5.74) is 1.13. The van der Waals surface area contributed by atoms with Crippen LogP contribution in [0.1, 0.15) is 17.4 Å². The van der Waals surface area contributed by atoms with Crippen LogP contribution in [0.25, 0.3) is 10.7 Å². The minimum atomic E-state index is 0.0853. The molecule has 1 atom stereocenters. The van der Waals surface area contributed by atoms with Crippen molar-refractivity contribution in [1.82, 2.24) is 10.1 Å². The minimum absolute atomic E-state index is 0.0853. The normalized spacial score (nSPS) is 16.9. The topological polar surface area (TPSA) is 57.4 Å². The molecule has 6 heteroatoms. The second kappa shape index (κ2) is 5.46. The van der Waals surface area contributed by atoms with E-state index in [1.54, 1.807) is 18.4 Å². The second-order valence-corrected chi connectivity index (χ2v) is 6.07. The standard InChI is InChI=1S/C16H14N2O3S/c1-19-12-5-4-10-7-11(9-20-13(10)8-12)16-17-15(18-21-16)14-3-2-6-22-14/h2-6,8,11H,7,9H2,1H3. The molecule has 1 unspecified atom stereocenters. The van der Waals surface area contributed by atoms with Gasteiger partial charge in [-0.25, -0.2) is 0 Å². The molecule has 22 heavy (non-hydrogen) atoms. The molecule has 0 N–H and O–H groups in total. The first-order valence-electron chi connectivity index (χ1n) is 7.00. The third-order valence-electron chi connectivity index (χ3n) is 3.71. The minimum Gasteiger partial charge on any atom is -0.497 e. The van der Waals surface area contributed by atoms with Gasteiger partial charge in [0.1, 0.15) is 18.1 Å². The molecule has 0 spiro atoms. The molecule has 0 fully saturated rings. The predicted octanol–water partition coefficient (Wildman–Crippen LogP) is 3.53. The highest BCUT2D eigenvalue weighted by atomic mass is 32.1. The van der Waals surface area contributed by atoms with E-state index in [1.807, 2.05) is 35.7 Å². The van der Waals surface area contributed by atoms with Crippen LogP contribution in [0.2, 0.25) is 0 Å². The van der Waals surface area contributed by atoms with Crippen LogP contribution in [0.5, 0.6) is 11.5 Å². The molecule has 0 bridgehead atoms. The van der Waals surface area contributed by atoms with Gasteiger partial charge in [0.05, 0.1) is 17.9 Å². The van der Waals surface area contributed by atoms with Gasteiger partial charge in [-0.2, -0.15) is 4.98 Å². The smallest absolute Gasteiger partial charge is 0.233 e. The van der Waals surface area contributed by atoms with Crippen LogP contribution in [-0.4, -0.2) is 23.9 Å². The second-order valence-electron chi connectivity index (χ2n) is 5.12. The van der Waals surface area contributed by atoms with Crippen LogP contribution < -0.4 is 9.47 Å². The van der Waals surface area contributed by atoms with Crippen molar-refractivity contribution in [2.75, 3.05) is 13.7 Å². The molecule has 0 aliphatic carbocycles. The summed E-state index contributed by atoms with van der Waals surface area (Å²) in [5.74, 6) is 3.03. The highest BCUT2D eigenvalue weighted by Gasteiger charge is 2.26. The predicted molar refractivity (Wildman–Crippen MR) is 82.5 cm³/mol. The van der Waals surface area contributed by atoms with Crippen molar-refractivity contribution < 1.29 is 14.0 Å². The summed E-state index contributed by atoms with van der Waals surface area (Å²) in [6.07, 6.45) is 0.825. The van der Waals surface area contributed by atoms with Crippen LogP contribution in [-0.2, 0) is 6.42 Å². The fourth-order valence-corrected chi connectivity index (χ4v) is 3.19. The summed E-state index contributed by atoms with van der Waals surface area (Å²) in [7, 11) is 1.65. The average Bonchev–Trinajstić information content (AvgIpc) is 3.24. The Labute approximate surface area is 131 Å². The van der Waals surface area contributed by atoms with Crippen molar-refractivity contribution in [2.24, 2.45) is 0 Å². The molecule has 2 aromatic heterocycles. The van der Waals surface area contributed by atoms with E-state index in [2.05, 4.69) is 10.1 Å². The maximum atomic E-state index is 5.83. The van der Waals surface area contributed by atoms with Gasteiger partial charge >= 0.3 is 0 Å². The first-order valence-corrected chi connectivity index (χ1v) is 7.88. The molecule has 0 radical (unpaired) electrons. The Morgan fingerprint density at radius 3 is 3.09 bits per heavy atom. The number of hydrogen-bond donors (Lipinski definition) is 0. The monoisotopic (exact) mass is 314 g/mol. The van der Waals surface area contributed by atoms with Crippen molar-refractivity contribution >= 4 is 11.3 Å². The third-order valence-corrected chi connectivity index (χ3v) is 4.58. The number of hydrogen-bond acceptors (Lipinski definition) is 6. The molecule has 112 valence electrons. The van der Waals surface area contributed by atoms with Crippen molar-refractivity contribution in [1.29, 1.82) is 0 Å². The molecule has 5 nitrogen and oxygen atoms in total. The van der Waals surface area contributed by atoms with Gasteiger partial charge in [0, 0.05) is 6.07 Å². The lowest BCUT2D eigenvalue weighted by Gasteiger charge is -2.23. The number of nitrogens with zero attached hydrogens (tertiary/aromatic N) is 2. The quantitative estimate of drug-likeness (QED) is 0.740. The number of benzene rings is 1. The number of aromatic nitrogens is 2. The molecule has 3 heterocycles. The maximum absolute atomic E-state index is 5.83. The van der Waals surface area contributed by atoms with E-state index in [1.165, 1.54) is 0 Å². The molecular weight excluding hydrogens is 300 g/mol. The van der Waals surface area contributed by atoms with Crippen LogP contribution in [0, 0.1) is 0 Å². The number of ether oxygens (including phenoxy) is 2. The van der Waals surface area contributed by atoms with Gasteiger partial charge < -0.3 is 14.0 Å². The lowest BCUT2D eigenvalue weighted by Crippen LogP contribution is -2.19. The van der Waals surface area contributed by atoms with Gasteiger partial charge in [-0.1, -0.05) is 17.3 Å². The zero-order valence-corrected chi connectivity index (χ0v) is 12.8. The van der Waals surface area contributed by atoms with E-state index >= 15 is 0 Å². The van der Waals surface area contributed by atoms with E-state index in [4.69, 9.17) is 14.0 Å². The number of thiophene rings is 1. The molecular formula is C16H14N2O3S. The van der Waals surface area contributed by atoms with Gasteiger partial charge in [-0.15, -0.1) is 11.3 Å². The lowest BCUT2D eigenvalue weighted by molar-refractivity contribution is 0.229. The van der Waals surface area contributed by atoms with Gasteiger partial charge in [0.2, 0.25) is 11.7 Å². The van der Waals surface area contributed by atoms with Gasteiger partial charge in [0.25, 0.3) is 0 Å². The van der Waals surface area contributed by atoms with E-state index in [0.717, 1.165) is 28.4 Å². The van der Waals surface area contributed by atoms with Crippen molar-refractivity contribution in [3.63, 3.8) is 0 Å². The fraction of sp³-hybridized carbons (Fsp3) is 0.250. The number of fused-ring (bicyclic) bond motifs is 1. The van der Waals surface area contributed by atoms with E-state index < -0.39 is 0 Å². The van der Waals surface area contributed by atoms with Gasteiger partial charge in [-0.05, 0) is 29.5 Å². The van der Waals surface area contributed by atoms with Crippen molar-refractivity contribution in [3.05, 3.63) is 47.2 Å². The molecule has 3 aromatic rings. The lowest BCUT2D eigenvalue weighted by atomic mass is 9.96. The Bertz CT molecular complexity index is 783. The summed E-state index contributed by atoms with van der Waals surface area (Å²) in [6.45, 7) is 0.534. The van der Waals surface area contributed by atoms with Gasteiger partial charge in [-0.3, -0.25) is 0 Å². The zero-order chi connectivity index (χ0) is 14.9. The number of rotatable bonds is 3. The Hall–Kier alpha value is -2.34. The molecule has 4 rings (SSSR count). The summed E-state index contributed by atoms with van der Waals surface area (Å²) < 4.78 is 16.5. The maximum Gasteiger partial charge on any atom is 0.233 e. The summed E-state index contributed by atoms with van der Waals surface area (Å²) in [5, 5.41) is 6.06. The van der Waals surface area contributed by atoms with E-state index in [0.29, 0.717) is 18.3 Å². The van der Waals surface area contributed by atoms with Crippen LogP contribution >= 0.6 is 11.3 Å². The Balaban J connectivity index is 1.57. The average molecular weight is 314 g/mol.